The lowest BCUT2D eigenvalue weighted by molar-refractivity contribution is 0.00286. The van der Waals surface area contributed by atoms with E-state index in [9.17, 15) is 9.59 Å². The third-order valence-electron chi connectivity index (χ3n) is 4.65. The Morgan fingerprint density at radius 3 is 2.32 bits per heavy atom. The van der Waals surface area contributed by atoms with Gasteiger partial charge in [-0.2, -0.15) is 4.90 Å². The van der Waals surface area contributed by atoms with Crippen molar-refractivity contribution in [3.63, 3.8) is 0 Å². The molecule has 3 heterocycles. The van der Waals surface area contributed by atoms with Crippen molar-refractivity contribution in [1.29, 1.82) is 0 Å². The highest BCUT2D eigenvalue weighted by Gasteiger charge is 2.49. The lowest BCUT2D eigenvalue weighted by Gasteiger charge is -2.44. The molecule has 1 aromatic rings. The van der Waals surface area contributed by atoms with Crippen LogP contribution in [0.4, 0.5) is 9.59 Å². The van der Waals surface area contributed by atoms with E-state index in [1.807, 2.05) is 11.4 Å². The molecule has 1 fully saturated rings. The average molecular weight is 534 g/mol. The molecule has 0 N–H and O–H groups in total. The van der Waals surface area contributed by atoms with Crippen LogP contribution in [0.1, 0.15) is 52.8 Å². The van der Waals surface area contributed by atoms with Crippen LogP contribution in [0.5, 0.6) is 0 Å². The van der Waals surface area contributed by atoms with Crippen molar-refractivity contribution < 1.29 is 23.8 Å². The van der Waals surface area contributed by atoms with E-state index in [1.165, 1.54) is 11.8 Å². The summed E-state index contributed by atoms with van der Waals surface area (Å²) in [5.74, 6) is 0.944. The Morgan fingerprint density at radius 2 is 1.81 bits per heavy atom. The maximum absolute atomic E-state index is 13.1. The molecule has 7 nitrogen and oxygen atoms in total. The fourth-order valence-electron chi connectivity index (χ4n) is 3.36. The van der Waals surface area contributed by atoms with Crippen LogP contribution in [-0.2, 0) is 19.7 Å². The van der Waals surface area contributed by atoms with Gasteiger partial charge in [0.05, 0.1) is 6.61 Å². The van der Waals surface area contributed by atoms with Crippen molar-refractivity contribution in [2.45, 2.75) is 64.7 Å². The van der Waals surface area contributed by atoms with Gasteiger partial charge in [-0.25, -0.2) is 14.6 Å². The number of hydrogen-bond donors (Lipinski definition) is 0. The van der Waals surface area contributed by atoms with Gasteiger partial charge in [0.25, 0.3) is 0 Å². The van der Waals surface area contributed by atoms with Crippen molar-refractivity contribution in [1.82, 2.24) is 4.90 Å². The molecule has 0 spiro atoms. The van der Waals surface area contributed by atoms with Gasteiger partial charge in [-0.3, -0.25) is 0 Å². The summed E-state index contributed by atoms with van der Waals surface area (Å²) >= 11 is 6.49. The van der Waals surface area contributed by atoms with Crippen LogP contribution in [0, 0.1) is 5.92 Å². The zero-order valence-electron chi connectivity index (χ0n) is 18.7. The van der Waals surface area contributed by atoms with E-state index < -0.39 is 28.9 Å². The van der Waals surface area contributed by atoms with Crippen molar-refractivity contribution in [3.8, 4) is 0 Å². The molecule has 0 saturated carbocycles. The number of amides is 2. The summed E-state index contributed by atoms with van der Waals surface area (Å²) < 4.78 is 17.9. The molecule has 0 radical (unpaired) electrons. The Bertz CT molecular complexity index is 846. The van der Waals surface area contributed by atoms with Crippen LogP contribution in [0.25, 0.3) is 0 Å². The summed E-state index contributed by atoms with van der Waals surface area (Å²) in [6, 6.07) is 2.04. The van der Waals surface area contributed by atoms with Crippen LogP contribution < -0.4 is 0 Å². The predicted molar refractivity (Wildman–Crippen MR) is 127 cm³/mol. The van der Waals surface area contributed by atoms with Crippen molar-refractivity contribution in [2.24, 2.45) is 10.9 Å². The van der Waals surface area contributed by atoms with E-state index >= 15 is 0 Å². The molecule has 31 heavy (non-hydrogen) atoms. The van der Waals surface area contributed by atoms with Crippen molar-refractivity contribution >= 4 is 56.4 Å². The minimum absolute atomic E-state index is 0.236. The summed E-state index contributed by atoms with van der Waals surface area (Å²) in [5.41, 5.74) is -2.20. The van der Waals surface area contributed by atoms with E-state index in [0.29, 0.717) is 19.0 Å². The first kappa shape index (κ1) is 24.5. The highest BCUT2D eigenvalue weighted by molar-refractivity contribution is 9.10. The topological polar surface area (TPSA) is 77.4 Å². The number of thioether (sulfide) groups is 1. The SMILES string of the molecule is CC(C)(C)OC(=O)N(C(=O)OC(C)(C)C)C1=N[C@@]2(c3cc(Br)cs3)COCC[C@H]2CS1. The first-order valence-electron chi connectivity index (χ1n) is 10.1. The number of amidine groups is 1. The molecule has 2 aliphatic rings. The molecule has 3 rings (SSSR count). The fraction of sp³-hybridized carbons (Fsp3) is 0.667. The van der Waals surface area contributed by atoms with Gasteiger partial charge in [0.1, 0.15) is 16.7 Å². The number of thiophene rings is 1. The normalized spacial score (nSPS) is 24.1. The van der Waals surface area contributed by atoms with Gasteiger partial charge < -0.3 is 14.2 Å². The second-order valence-corrected chi connectivity index (χ2v) is 12.4. The van der Waals surface area contributed by atoms with Gasteiger partial charge in [0.2, 0.25) is 0 Å². The zero-order chi connectivity index (χ0) is 23.0. The second-order valence-electron chi connectivity index (χ2n) is 9.59. The van der Waals surface area contributed by atoms with E-state index in [-0.39, 0.29) is 11.1 Å². The Hall–Kier alpha value is -1.10. The van der Waals surface area contributed by atoms with Gasteiger partial charge in [-0.1, -0.05) is 11.8 Å². The van der Waals surface area contributed by atoms with E-state index in [0.717, 1.165) is 20.7 Å². The van der Waals surface area contributed by atoms with Gasteiger partial charge >= 0.3 is 12.2 Å². The number of carbonyl (C=O) groups excluding carboxylic acids is 2. The molecule has 172 valence electrons. The molecule has 10 heteroatoms. The maximum atomic E-state index is 13.1. The Morgan fingerprint density at radius 1 is 1.19 bits per heavy atom. The smallest absolute Gasteiger partial charge is 0.426 e. The van der Waals surface area contributed by atoms with E-state index in [4.69, 9.17) is 19.2 Å². The first-order chi connectivity index (χ1) is 14.3. The molecule has 1 saturated heterocycles. The predicted octanol–water partition coefficient (Wildman–Crippen LogP) is 6.02. The quantitative estimate of drug-likeness (QED) is 0.440. The van der Waals surface area contributed by atoms with Crippen LogP contribution in [0.3, 0.4) is 0 Å². The number of imide groups is 1. The zero-order valence-corrected chi connectivity index (χ0v) is 21.9. The molecule has 0 aliphatic carbocycles. The molecule has 2 atom stereocenters. The first-order valence-corrected chi connectivity index (χ1v) is 12.8. The molecule has 0 bridgehead atoms. The van der Waals surface area contributed by atoms with E-state index in [1.54, 1.807) is 52.9 Å². The van der Waals surface area contributed by atoms with E-state index in [2.05, 4.69) is 15.9 Å². The molecular weight excluding hydrogens is 504 g/mol. The van der Waals surface area contributed by atoms with Gasteiger partial charge in [0, 0.05) is 33.0 Å². The molecule has 0 aromatic carbocycles. The molecule has 2 amide bonds. The minimum Gasteiger partial charge on any atom is -0.443 e. The highest BCUT2D eigenvalue weighted by Crippen LogP contribution is 2.48. The maximum Gasteiger partial charge on any atom is 0.426 e. The number of hydrogen-bond acceptors (Lipinski definition) is 8. The Kier molecular flexibility index (Phi) is 7.15. The fourth-order valence-corrected chi connectivity index (χ4v) is 6.30. The average Bonchev–Trinajstić information content (AvgIpc) is 3.05. The molecule has 0 unspecified atom stereocenters. The van der Waals surface area contributed by atoms with Gasteiger partial charge in [-0.05, 0) is 70.0 Å². The summed E-state index contributed by atoms with van der Waals surface area (Å²) in [6.45, 7) is 11.6. The van der Waals surface area contributed by atoms with Crippen molar-refractivity contribution in [3.05, 3.63) is 20.8 Å². The summed E-state index contributed by atoms with van der Waals surface area (Å²) in [4.78, 5) is 33.1. The third-order valence-corrected chi connectivity index (χ3v) is 7.61. The minimum atomic E-state index is -0.800. The molecule has 1 aromatic heterocycles. The Balaban J connectivity index is 2.05. The van der Waals surface area contributed by atoms with Crippen LogP contribution >= 0.6 is 39.0 Å². The molecular formula is C21H29BrN2O5S2. The lowest BCUT2D eigenvalue weighted by Crippen LogP contribution is -2.52. The van der Waals surface area contributed by atoms with Crippen molar-refractivity contribution in [2.75, 3.05) is 19.0 Å². The second kappa shape index (κ2) is 9.03. The van der Waals surface area contributed by atoms with Crippen LogP contribution in [-0.4, -0.2) is 52.4 Å². The molecule has 2 aliphatic heterocycles. The number of carbonyl (C=O) groups is 2. The van der Waals surface area contributed by atoms with Crippen LogP contribution in [0.2, 0.25) is 0 Å². The number of rotatable bonds is 1. The lowest BCUT2D eigenvalue weighted by atomic mass is 9.81. The summed E-state index contributed by atoms with van der Waals surface area (Å²) in [6.07, 6.45) is -0.741. The Labute approximate surface area is 200 Å². The third kappa shape index (κ3) is 5.83. The van der Waals surface area contributed by atoms with Gasteiger partial charge in [0.15, 0.2) is 5.17 Å². The number of halogens is 1. The summed E-state index contributed by atoms with van der Waals surface area (Å²) in [7, 11) is 0. The number of ether oxygens (including phenoxy) is 3. The largest absolute Gasteiger partial charge is 0.443 e. The van der Waals surface area contributed by atoms with Gasteiger partial charge in [-0.15, -0.1) is 11.3 Å². The monoisotopic (exact) mass is 532 g/mol. The van der Waals surface area contributed by atoms with Crippen LogP contribution in [0.15, 0.2) is 20.9 Å². The number of fused-ring (bicyclic) bond motifs is 1. The highest BCUT2D eigenvalue weighted by atomic mass is 79.9. The standard InChI is InChI=1S/C21H29BrN2O5S2/c1-19(2,3)28-17(25)24(18(26)29-20(4,5)6)16-23-21(15-9-14(22)11-30-15)12-27-8-7-13(21)10-31-16/h9,11,13H,7-8,10,12H2,1-6H3/t13-,21-/m0/s1. The number of nitrogens with zero attached hydrogens (tertiary/aromatic N) is 2. The summed E-state index contributed by atoms with van der Waals surface area (Å²) in [5, 5.41) is 2.28. The number of aliphatic imine (C=N–C) groups is 1.